The topological polar surface area (TPSA) is 0 Å². The first-order chi connectivity index (χ1) is 5.79. The predicted molar refractivity (Wildman–Crippen MR) is 55.0 cm³/mol. The average Bonchev–Trinajstić information content (AvgIpc) is 2.16. The van der Waals surface area contributed by atoms with Gasteiger partial charge < -0.3 is 0 Å². The molecule has 0 aromatic heterocycles. The summed E-state index contributed by atoms with van der Waals surface area (Å²) in [5.74, 6) is 1.27. The normalized spacial score (nSPS) is 30.3. The maximum Gasteiger partial charge on any atom is 0.00367 e. The van der Waals surface area contributed by atoms with Crippen LogP contribution in [0.25, 0.3) is 0 Å². The minimum Gasteiger partial charge on any atom is -0.103 e. The van der Waals surface area contributed by atoms with Crippen molar-refractivity contribution in [2.75, 3.05) is 0 Å². The molecular weight excluding hydrogens is 144 g/mol. The van der Waals surface area contributed by atoms with Gasteiger partial charge in [-0.2, -0.15) is 0 Å². The molecule has 0 bridgehead atoms. The number of rotatable bonds is 2. The van der Waals surface area contributed by atoms with Gasteiger partial charge in [0, 0.05) is 5.92 Å². The Morgan fingerprint density at radius 1 is 1.58 bits per heavy atom. The zero-order valence-corrected chi connectivity index (χ0v) is 8.09. The van der Waals surface area contributed by atoms with Crippen LogP contribution in [0.4, 0.5) is 0 Å². The van der Waals surface area contributed by atoms with E-state index in [1.165, 1.54) is 18.4 Å². The molecule has 0 radical (unpaired) electrons. The molecule has 66 valence electrons. The summed E-state index contributed by atoms with van der Waals surface area (Å²) in [4.78, 5) is 0. The van der Waals surface area contributed by atoms with E-state index >= 15 is 0 Å². The second-order valence-corrected chi connectivity index (χ2v) is 3.46. The van der Waals surface area contributed by atoms with E-state index in [2.05, 4.69) is 44.7 Å². The fourth-order valence-corrected chi connectivity index (χ4v) is 1.80. The molecule has 12 heavy (non-hydrogen) atoms. The summed E-state index contributed by atoms with van der Waals surface area (Å²) in [6.45, 7) is 8.20. The number of allylic oxidation sites excluding steroid dienone is 5. The highest BCUT2D eigenvalue weighted by Crippen LogP contribution is 2.30. The van der Waals surface area contributed by atoms with Crippen LogP contribution in [-0.2, 0) is 0 Å². The van der Waals surface area contributed by atoms with Crippen LogP contribution in [0.1, 0.15) is 26.7 Å². The highest BCUT2D eigenvalue weighted by molar-refractivity contribution is 5.17. The Hall–Kier alpha value is -0.780. The lowest BCUT2D eigenvalue weighted by atomic mass is 9.80. The van der Waals surface area contributed by atoms with Crippen molar-refractivity contribution < 1.29 is 0 Å². The molecule has 0 nitrogen and oxygen atoms in total. The summed E-state index contributed by atoms with van der Waals surface area (Å²) >= 11 is 0. The summed E-state index contributed by atoms with van der Waals surface area (Å²) in [5, 5.41) is 0. The predicted octanol–water partition coefficient (Wildman–Crippen LogP) is 3.72. The SMILES string of the molecule is C=CC1CCC=CC1/C(C)=C/C. The van der Waals surface area contributed by atoms with E-state index in [9.17, 15) is 0 Å². The van der Waals surface area contributed by atoms with Gasteiger partial charge in [-0.15, -0.1) is 6.58 Å². The molecule has 0 saturated heterocycles. The lowest BCUT2D eigenvalue weighted by Crippen LogP contribution is -2.14. The molecule has 0 aliphatic heterocycles. The van der Waals surface area contributed by atoms with Crippen LogP contribution in [0.15, 0.2) is 36.5 Å². The summed E-state index contributed by atoms with van der Waals surface area (Å²) in [7, 11) is 0. The molecule has 0 saturated carbocycles. The van der Waals surface area contributed by atoms with Gasteiger partial charge >= 0.3 is 0 Å². The van der Waals surface area contributed by atoms with E-state index in [1.54, 1.807) is 0 Å². The maximum atomic E-state index is 3.89. The minimum atomic E-state index is 0.612. The van der Waals surface area contributed by atoms with Crippen LogP contribution in [-0.4, -0.2) is 0 Å². The van der Waals surface area contributed by atoms with Crippen molar-refractivity contribution in [1.29, 1.82) is 0 Å². The van der Waals surface area contributed by atoms with E-state index < -0.39 is 0 Å². The Morgan fingerprint density at radius 2 is 2.33 bits per heavy atom. The van der Waals surface area contributed by atoms with E-state index in [0.717, 1.165) is 0 Å². The highest BCUT2D eigenvalue weighted by atomic mass is 14.2. The van der Waals surface area contributed by atoms with Gasteiger partial charge in [-0.05, 0) is 32.6 Å². The zero-order valence-electron chi connectivity index (χ0n) is 8.09. The van der Waals surface area contributed by atoms with Gasteiger partial charge in [-0.3, -0.25) is 0 Å². The van der Waals surface area contributed by atoms with Crippen LogP contribution >= 0.6 is 0 Å². The second kappa shape index (κ2) is 4.30. The molecule has 2 unspecified atom stereocenters. The van der Waals surface area contributed by atoms with Crippen molar-refractivity contribution in [2.24, 2.45) is 11.8 Å². The molecule has 0 amide bonds. The molecule has 1 aliphatic carbocycles. The quantitative estimate of drug-likeness (QED) is 0.543. The molecule has 2 atom stereocenters. The Bertz CT molecular complexity index is 208. The van der Waals surface area contributed by atoms with E-state index in [0.29, 0.717) is 11.8 Å². The second-order valence-electron chi connectivity index (χ2n) is 3.46. The summed E-state index contributed by atoms with van der Waals surface area (Å²) in [5.41, 5.74) is 1.47. The average molecular weight is 162 g/mol. The van der Waals surface area contributed by atoms with Crippen molar-refractivity contribution in [3.8, 4) is 0 Å². The first kappa shape index (κ1) is 9.31. The smallest absolute Gasteiger partial charge is 0.00367 e. The minimum absolute atomic E-state index is 0.612. The van der Waals surface area contributed by atoms with Crippen LogP contribution in [0.2, 0.25) is 0 Å². The monoisotopic (exact) mass is 162 g/mol. The molecular formula is C12H18. The van der Waals surface area contributed by atoms with Gasteiger partial charge in [-0.25, -0.2) is 0 Å². The van der Waals surface area contributed by atoms with Crippen molar-refractivity contribution in [3.05, 3.63) is 36.5 Å². The molecule has 0 heteroatoms. The Kier molecular flexibility index (Phi) is 3.33. The van der Waals surface area contributed by atoms with E-state index in [1.807, 2.05) is 0 Å². The van der Waals surface area contributed by atoms with E-state index in [4.69, 9.17) is 0 Å². The van der Waals surface area contributed by atoms with Gasteiger partial charge in [0.05, 0.1) is 0 Å². The third kappa shape index (κ3) is 1.88. The van der Waals surface area contributed by atoms with Gasteiger partial charge in [-0.1, -0.05) is 29.9 Å². The van der Waals surface area contributed by atoms with Crippen molar-refractivity contribution in [2.45, 2.75) is 26.7 Å². The largest absolute Gasteiger partial charge is 0.103 e. The molecule has 0 heterocycles. The maximum absolute atomic E-state index is 3.89. The number of hydrogen-bond donors (Lipinski definition) is 0. The summed E-state index contributed by atoms with van der Waals surface area (Å²) < 4.78 is 0. The lowest BCUT2D eigenvalue weighted by Gasteiger charge is -2.25. The molecule has 0 aromatic rings. The third-order valence-corrected chi connectivity index (χ3v) is 2.76. The van der Waals surface area contributed by atoms with Gasteiger partial charge in [0.25, 0.3) is 0 Å². The molecule has 1 rings (SSSR count). The summed E-state index contributed by atoms with van der Waals surface area (Å²) in [6.07, 6.45) is 11.4. The fraction of sp³-hybridized carbons (Fsp3) is 0.500. The van der Waals surface area contributed by atoms with Crippen molar-refractivity contribution >= 4 is 0 Å². The zero-order chi connectivity index (χ0) is 8.97. The standard InChI is InChI=1S/C12H18/c1-4-10(3)12-9-7-6-8-11(12)5-2/h4-5,7,9,11-12H,2,6,8H2,1,3H3/b10-4+. The Labute approximate surface area is 75.7 Å². The fourth-order valence-electron chi connectivity index (χ4n) is 1.80. The Balaban J connectivity index is 2.77. The van der Waals surface area contributed by atoms with Crippen LogP contribution in [0.5, 0.6) is 0 Å². The van der Waals surface area contributed by atoms with Gasteiger partial charge in [0.1, 0.15) is 0 Å². The van der Waals surface area contributed by atoms with Crippen molar-refractivity contribution in [1.82, 2.24) is 0 Å². The molecule has 0 aromatic carbocycles. The van der Waals surface area contributed by atoms with Crippen LogP contribution in [0, 0.1) is 11.8 Å². The van der Waals surface area contributed by atoms with Gasteiger partial charge in [0.15, 0.2) is 0 Å². The third-order valence-electron chi connectivity index (χ3n) is 2.76. The first-order valence-electron chi connectivity index (χ1n) is 4.71. The van der Waals surface area contributed by atoms with E-state index in [-0.39, 0.29) is 0 Å². The van der Waals surface area contributed by atoms with Crippen LogP contribution < -0.4 is 0 Å². The first-order valence-corrected chi connectivity index (χ1v) is 4.71. The van der Waals surface area contributed by atoms with Gasteiger partial charge in [0.2, 0.25) is 0 Å². The lowest BCUT2D eigenvalue weighted by molar-refractivity contribution is 0.478. The molecule has 0 N–H and O–H groups in total. The Morgan fingerprint density at radius 3 is 2.92 bits per heavy atom. The molecule has 1 aliphatic rings. The highest BCUT2D eigenvalue weighted by Gasteiger charge is 2.19. The number of hydrogen-bond acceptors (Lipinski definition) is 0. The summed E-state index contributed by atoms with van der Waals surface area (Å²) in [6, 6.07) is 0. The molecule has 0 spiro atoms. The molecule has 0 fully saturated rings. The van der Waals surface area contributed by atoms with Crippen LogP contribution in [0.3, 0.4) is 0 Å². The van der Waals surface area contributed by atoms with Crippen molar-refractivity contribution in [3.63, 3.8) is 0 Å².